The second-order valence-electron chi connectivity index (χ2n) is 4.74. The lowest BCUT2D eigenvalue weighted by atomic mass is 9.92. The van der Waals surface area contributed by atoms with Crippen molar-refractivity contribution in [1.82, 2.24) is 4.57 Å². The molecule has 0 saturated heterocycles. The number of rotatable bonds is 1. The molecule has 1 aromatic carbocycles. The molecule has 0 bridgehead atoms. The normalized spacial score (nSPS) is 16.4. The summed E-state index contributed by atoms with van der Waals surface area (Å²) < 4.78 is 2.19. The average molecular weight is 236 g/mol. The summed E-state index contributed by atoms with van der Waals surface area (Å²) in [6.45, 7) is 0. The van der Waals surface area contributed by atoms with E-state index in [4.69, 9.17) is 5.73 Å². The first-order chi connectivity index (χ1) is 8.79. The van der Waals surface area contributed by atoms with Gasteiger partial charge in [0.15, 0.2) is 0 Å². The third-order valence-electron chi connectivity index (χ3n) is 3.79. The third-order valence-corrected chi connectivity index (χ3v) is 3.79. The Morgan fingerprint density at radius 3 is 2.94 bits per heavy atom. The van der Waals surface area contributed by atoms with Gasteiger partial charge in [-0.25, -0.2) is 0 Å². The zero-order valence-corrected chi connectivity index (χ0v) is 9.81. The largest absolute Gasteiger partial charge is 0.366 e. The maximum Gasteiger partial charge on any atom is 0.251 e. The highest BCUT2D eigenvalue weighted by Crippen LogP contribution is 2.46. The molecule has 0 spiro atoms. The maximum atomic E-state index is 11.7. The molecule has 0 unspecified atom stereocenters. The number of nitrogens with two attached hydrogens (primary N) is 1. The Hall–Kier alpha value is -2.29. The zero-order chi connectivity index (χ0) is 12.3. The molecule has 3 nitrogen and oxygen atoms in total. The van der Waals surface area contributed by atoms with E-state index >= 15 is 0 Å². The van der Waals surface area contributed by atoms with Crippen LogP contribution < -0.4 is 5.73 Å². The van der Waals surface area contributed by atoms with E-state index in [1.54, 1.807) is 0 Å². The first kappa shape index (κ1) is 9.71. The van der Waals surface area contributed by atoms with Gasteiger partial charge in [0.1, 0.15) is 0 Å². The van der Waals surface area contributed by atoms with E-state index < -0.39 is 0 Å². The van der Waals surface area contributed by atoms with Crippen molar-refractivity contribution in [3.63, 3.8) is 0 Å². The summed E-state index contributed by atoms with van der Waals surface area (Å²) in [5, 5.41) is 0.961. The minimum Gasteiger partial charge on any atom is -0.366 e. The van der Waals surface area contributed by atoms with Crippen molar-refractivity contribution in [2.75, 3.05) is 0 Å². The minimum atomic E-state index is -0.342. The molecule has 1 aromatic heterocycles. The molecule has 0 atom stereocenters. The standard InChI is InChI=1S/C15H12N2O/c16-15(18)13-9-5-1-3-7-11(9)17-12-8-4-2-6-10(12)14(13)17/h1-3,5-7H,4,8H2,(H2,16,18). The molecule has 0 radical (unpaired) electrons. The molecule has 2 N–H and O–H groups in total. The highest BCUT2D eigenvalue weighted by Gasteiger charge is 2.33. The Morgan fingerprint density at radius 2 is 2.11 bits per heavy atom. The van der Waals surface area contributed by atoms with Gasteiger partial charge in [-0.15, -0.1) is 0 Å². The van der Waals surface area contributed by atoms with Crippen molar-refractivity contribution in [3.05, 3.63) is 47.7 Å². The Bertz CT molecular complexity index is 762. The predicted molar refractivity (Wildman–Crippen MR) is 71.9 cm³/mol. The number of carbonyl (C=O) groups is 1. The fourth-order valence-electron chi connectivity index (χ4n) is 3.07. The number of carbonyl (C=O) groups excluding carboxylic acids is 1. The van der Waals surface area contributed by atoms with Crippen LogP contribution >= 0.6 is 0 Å². The second-order valence-corrected chi connectivity index (χ2v) is 4.74. The molecule has 1 aliphatic heterocycles. The summed E-state index contributed by atoms with van der Waals surface area (Å²) in [4.78, 5) is 11.7. The quantitative estimate of drug-likeness (QED) is 0.813. The van der Waals surface area contributed by atoms with Crippen LogP contribution in [0.1, 0.15) is 28.9 Å². The van der Waals surface area contributed by atoms with Crippen molar-refractivity contribution >= 4 is 28.1 Å². The van der Waals surface area contributed by atoms with E-state index in [-0.39, 0.29) is 5.91 Å². The highest BCUT2D eigenvalue weighted by molar-refractivity contribution is 6.17. The minimum absolute atomic E-state index is 0.342. The number of allylic oxidation sites excluding steroid dienone is 4. The van der Waals surface area contributed by atoms with Gasteiger partial charge >= 0.3 is 0 Å². The summed E-state index contributed by atoms with van der Waals surface area (Å²) >= 11 is 0. The Balaban J connectivity index is 2.12. The lowest BCUT2D eigenvalue weighted by Crippen LogP contribution is -2.20. The highest BCUT2D eigenvalue weighted by atomic mass is 16.1. The average Bonchev–Trinajstić information content (AvgIpc) is 2.66. The number of fused-ring (bicyclic) bond motifs is 5. The van der Waals surface area contributed by atoms with Crippen LogP contribution in [-0.2, 0) is 0 Å². The number of hydrogen-bond donors (Lipinski definition) is 1. The third kappa shape index (κ3) is 0.973. The number of hydrogen-bond acceptors (Lipinski definition) is 1. The molecular weight excluding hydrogens is 224 g/mol. The van der Waals surface area contributed by atoms with E-state index in [2.05, 4.69) is 16.7 Å². The van der Waals surface area contributed by atoms with Gasteiger partial charge in [-0.3, -0.25) is 4.79 Å². The van der Waals surface area contributed by atoms with Crippen LogP contribution in [0.5, 0.6) is 0 Å². The van der Waals surface area contributed by atoms with Gasteiger partial charge in [-0.1, -0.05) is 30.4 Å². The van der Waals surface area contributed by atoms with Crippen LogP contribution in [0.2, 0.25) is 0 Å². The summed E-state index contributed by atoms with van der Waals surface area (Å²) in [5.41, 5.74) is 10.8. The molecule has 0 saturated carbocycles. The fraction of sp³-hybridized carbons (Fsp3) is 0.133. The monoisotopic (exact) mass is 236 g/mol. The molecule has 88 valence electrons. The number of nitrogens with zero attached hydrogens (tertiary/aromatic N) is 1. The Labute approximate surface area is 104 Å². The zero-order valence-electron chi connectivity index (χ0n) is 9.81. The number of primary amides is 1. The van der Waals surface area contributed by atoms with Gasteiger partial charge in [0.2, 0.25) is 0 Å². The summed E-state index contributed by atoms with van der Waals surface area (Å²) in [7, 11) is 0. The topological polar surface area (TPSA) is 48.0 Å². The molecule has 1 aliphatic carbocycles. The number of aromatic nitrogens is 1. The molecule has 0 fully saturated rings. The number of para-hydroxylation sites is 1. The van der Waals surface area contributed by atoms with Crippen molar-refractivity contribution in [2.45, 2.75) is 12.8 Å². The van der Waals surface area contributed by atoms with E-state index in [0.29, 0.717) is 5.56 Å². The molecule has 2 aliphatic rings. The molecule has 18 heavy (non-hydrogen) atoms. The number of amides is 1. The Kier molecular flexibility index (Phi) is 1.69. The predicted octanol–water partition coefficient (Wildman–Crippen LogP) is 2.77. The van der Waals surface area contributed by atoms with Crippen LogP contribution in [0.15, 0.2) is 36.4 Å². The number of benzene rings is 1. The smallest absolute Gasteiger partial charge is 0.251 e. The van der Waals surface area contributed by atoms with E-state index in [1.165, 1.54) is 11.3 Å². The molecule has 3 heteroatoms. The second kappa shape index (κ2) is 3.13. The first-order valence-electron chi connectivity index (χ1n) is 6.12. The van der Waals surface area contributed by atoms with Crippen molar-refractivity contribution < 1.29 is 4.79 Å². The molecule has 1 amide bonds. The van der Waals surface area contributed by atoms with Gasteiger partial charge in [0.25, 0.3) is 5.91 Å². The van der Waals surface area contributed by atoms with Gasteiger partial charge in [0.05, 0.1) is 16.8 Å². The van der Waals surface area contributed by atoms with Crippen LogP contribution in [0.25, 0.3) is 22.2 Å². The van der Waals surface area contributed by atoms with Gasteiger partial charge in [0, 0.05) is 16.7 Å². The van der Waals surface area contributed by atoms with E-state index in [9.17, 15) is 4.79 Å². The van der Waals surface area contributed by atoms with Gasteiger partial charge in [-0.2, -0.15) is 0 Å². The van der Waals surface area contributed by atoms with Gasteiger partial charge in [-0.05, 0) is 18.9 Å². The molecule has 2 heterocycles. The lowest BCUT2D eigenvalue weighted by molar-refractivity contribution is 0.100. The van der Waals surface area contributed by atoms with Crippen LogP contribution in [-0.4, -0.2) is 10.5 Å². The summed E-state index contributed by atoms with van der Waals surface area (Å²) in [6.07, 6.45) is 6.37. The van der Waals surface area contributed by atoms with E-state index in [1.807, 2.05) is 24.3 Å². The molecule has 4 rings (SSSR count). The first-order valence-corrected chi connectivity index (χ1v) is 6.12. The fourth-order valence-corrected chi connectivity index (χ4v) is 3.07. The maximum absolute atomic E-state index is 11.7. The Morgan fingerprint density at radius 1 is 1.28 bits per heavy atom. The van der Waals surface area contributed by atoms with Crippen LogP contribution in [0.4, 0.5) is 0 Å². The van der Waals surface area contributed by atoms with Crippen LogP contribution in [0, 0.1) is 0 Å². The van der Waals surface area contributed by atoms with Gasteiger partial charge < -0.3 is 10.3 Å². The summed E-state index contributed by atoms with van der Waals surface area (Å²) in [6, 6.07) is 7.96. The SMILES string of the molecule is NC(=O)c1c2n(c3ccccc13)C1=C2C=CCC1. The molecule has 2 aromatic rings. The molecular formula is C15H12N2O. The van der Waals surface area contributed by atoms with Crippen molar-refractivity contribution in [1.29, 1.82) is 0 Å². The van der Waals surface area contributed by atoms with E-state index in [0.717, 1.165) is 29.4 Å². The lowest BCUT2D eigenvalue weighted by Gasteiger charge is -2.29. The van der Waals surface area contributed by atoms with Crippen LogP contribution in [0.3, 0.4) is 0 Å². The summed E-state index contributed by atoms with van der Waals surface area (Å²) in [5.74, 6) is -0.342. The van der Waals surface area contributed by atoms with Crippen molar-refractivity contribution in [3.8, 4) is 0 Å². The van der Waals surface area contributed by atoms with Crippen molar-refractivity contribution in [2.24, 2.45) is 5.73 Å².